The fourth-order valence-corrected chi connectivity index (χ4v) is 1.36. The van der Waals surface area contributed by atoms with Gasteiger partial charge in [0, 0.05) is 20.3 Å². The zero-order valence-electron chi connectivity index (χ0n) is 7.67. The largest absolute Gasteiger partial charge is 0.385 e. The Bertz CT molecular complexity index is 189. The number of sulfonamides is 1. The zero-order chi connectivity index (χ0) is 9.45. The molecule has 12 heavy (non-hydrogen) atoms. The van der Waals surface area contributed by atoms with Crippen LogP contribution in [-0.4, -0.2) is 34.4 Å². The lowest BCUT2D eigenvalue weighted by Crippen LogP contribution is -2.26. The Morgan fingerprint density at radius 2 is 2.00 bits per heavy atom. The lowest BCUT2D eigenvalue weighted by Gasteiger charge is -2.03. The van der Waals surface area contributed by atoms with Crippen molar-refractivity contribution in [3.63, 3.8) is 0 Å². The van der Waals surface area contributed by atoms with Crippen LogP contribution in [0.4, 0.5) is 0 Å². The number of rotatable bonds is 7. The Morgan fingerprint density at radius 1 is 1.33 bits per heavy atom. The first-order valence-corrected chi connectivity index (χ1v) is 5.74. The van der Waals surface area contributed by atoms with Crippen LogP contribution in [0.5, 0.6) is 0 Å². The molecule has 0 atom stereocenters. The summed E-state index contributed by atoms with van der Waals surface area (Å²) in [5, 5.41) is 0. The van der Waals surface area contributed by atoms with Gasteiger partial charge in [0.05, 0.1) is 5.75 Å². The fourth-order valence-electron chi connectivity index (χ4n) is 0.701. The van der Waals surface area contributed by atoms with Crippen molar-refractivity contribution in [2.24, 2.45) is 0 Å². The molecule has 0 saturated heterocycles. The number of ether oxygens (including phenoxy) is 1. The molecule has 0 aliphatic heterocycles. The van der Waals surface area contributed by atoms with Crippen LogP contribution in [0.25, 0.3) is 0 Å². The summed E-state index contributed by atoms with van der Waals surface area (Å²) in [6.07, 6.45) is 1.72. The molecular weight excluding hydrogens is 178 g/mol. The Kier molecular flexibility index (Phi) is 6.32. The van der Waals surface area contributed by atoms with Crippen molar-refractivity contribution in [3.8, 4) is 0 Å². The van der Waals surface area contributed by atoms with Gasteiger partial charge in [0.25, 0.3) is 0 Å². The van der Waals surface area contributed by atoms with Crippen LogP contribution in [0.3, 0.4) is 0 Å². The molecule has 0 saturated carbocycles. The van der Waals surface area contributed by atoms with Crippen LogP contribution in [0.15, 0.2) is 0 Å². The van der Waals surface area contributed by atoms with Crippen molar-refractivity contribution in [3.05, 3.63) is 0 Å². The van der Waals surface area contributed by atoms with Gasteiger partial charge in [-0.1, -0.05) is 0 Å². The molecule has 0 aliphatic rings. The quantitative estimate of drug-likeness (QED) is 0.596. The molecule has 1 N–H and O–H groups in total. The maximum absolute atomic E-state index is 10.9. The van der Waals surface area contributed by atoms with Gasteiger partial charge in [0.2, 0.25) is 10.0 Å². The predicted molar refractivity (Wildman–Crippen MR) is 48.6 cm³/mol. The lowest BCUT2D eigenvalue weighted by atomic mass is 10.3. The molecule has 0 aliphatic carbocycles. The lowest BCUT2D eigenvalue weighted by molar-refractivity contribution is 0.193. The summed E-state index contributed by atoms with van der Waals surface area (Å²) >= 11 is 0. The second-order valence-electron chi connectivity index (χ2n) is 2.50. The first-order valence-electron chi connectivity index (χ1n) is 4.08. The molecule has 4 nitrogen and oxygen atoms in total. The monoisotopic (exact) mass is 195 g/mol. The van der Waals surface area contributed by atoms with E-state index in [2.05, 4.69) is 4.72 Å². The van der Waals surface area contributed by atoms with E-state index >= 15 is 0 Å². The average Bonchev–Trinajstić information content (AvgIpc) is 2.04. The van der Waals surface area contributed by atoms with E-state index in [1.54, 1.807) is 14.0 Å². The Balaban J connectivity index is 3.32. The van der Waals surface area contributed by atoms with Gasteiger partial charge >= 0.3 is 0 Å². The maximum Gasteiger partial charge on any atom is 0.211 e. The van der Waals surface area contributed by atoms with E-state index in [4.69, 9.17) is 4.74 Å². The number of nitrogens with one attached hydrogen (secondary N) is 1. The van der Waals surface area contributed by atoms with Gasteiger partial charge in [0.15, 0.2) is 0 Å². The van der Waals surface area contributed by atoms with Gasteiger partial charge in [-0.2, -0.15) is 0 Å². The Hall–Kier alpha value is -0.130. The molecular formula is C7H17NO3S. The van der Waals surface area contributed by atoms with Crippen LogP contribution in [-0.2, 0) is 14.8 Å². The fraction of sp³-hybridized carbons (Fsp3) is 1.00. The third-order valence-corrected chi connectivity index (χ3v) is 2.88. The summed E-state index contributed by atoms with van der Waals surface area (Å²) < 4.78 is 29.1. The van der Waals surface area contributed by atoms with E-state index in [0.29, 0.717) is 13.2 Å². The second kappa shape index (κ2) is 6.39. The number of hydrogen-bond acceptors (Lipinski definition) is 3. The molecule has 0 aromatic rings. The van der Waals surface area contributed by atoms with E-state index in [1.807, 2.05) is 0 Å². The summed E-state index contributed by atoms with van der Waals surface area (Å²) in [4.78, 5) is 0. The van der Waals surface area contributed by atoms with E-state index in [-0.39, 0.29) is 5.75 Å². The summed E-state index contributed by atoms with van der Waals surface area (Å²) in [7, 11) is -1.36. The zero-order valence-corrected chi connectivity index (χ0v) is 8.49. The molecule has 0 spiro atoms. The molecule has 0 aromatic carbocycles. The minimum atomic E-state index is -3.00. The van der Waals surface area contributed by atoms with Crippen molar-refractivity contribution >= 4 is 10.0 Å². The van der Waals surface area contributed by atoms with E-state index in [1.165, 1.54) is 0 Å². The molecule has 5 heteroatoms. The highest BCUT2D eigenvalue weighted by atomic mass is 32.2. The average molecular weight is 195 g/mol. The number of methoxy groups -OCH3 is 1. The van der Waals surface area contributed by atoms with Gasteiger partial charge < -0.3 is 4.74 Å². The highest BCUT2D eigenvalue weighted by molar-refractivity contribution is 7.89. The van der Waals surface area contributed by atoms with Crippen molar-refractivity contribution in [2.75, 3.05) is 26.0 Å². The van der Waals surface area contributed by atoms with Gasteiger partial charge in [-0.25, -0.2) is 13.1 Å². The van der Waals surface area contributed by atoms with E-state index in [0.717, 1.165) is 12.8 Å². The van der Waals surface area contributed by atoms with Crippen molar-refractivity contribution in [1.29, 1.82) is 0 Å². The summed E-state index contributed by atoms with van der Waals surface area (Å²) in [5.74, 6) is 0.150. The van der Waals surface area contributed by atoms with Crippen LogP contribution in [0.1, 0.15) is 19.8 Å². The molecule has 0 fully saturated rings. The molecule has 0 heterocycles. The SMILES string of the molecule is CCS(=O)(=O)NCCCCOC. The standard InChI is InChI=1S/C7H17NO3S/c1-3-12(9,10)8-6-4-5-7-11-2/h8H,3-7H2,1-2H3. The third-order valence-electron chi connectivity index (χ3n) is 1.48. The highest BCUT2D eigenvalue weighted by Gasteiger charge is 2.03. The van der Waals surface area contributed by atoms with Crippen LogP contribution in [0.2, 0.25) is 0 Å². The van der Waals surface area contributed by atoms with Gasteiger partial charge in [-0.05, 0) is 19.8 Å². The topological polar surface area (TPSA) is 55.4 Å². The minimum absolute atomic E-state index is 0.150. The molecule has 0 bridgehead atoms. The number of unbranched alkanes of at least 4 members (excludes halogenated alkanes) is 1. The third kappa shape index (κ3) is 6.57. The first-order chi connectivity index (χ1) is 5.62. The molecule has 74 valence electrons. The molecule has 0 radical (unpaired) electrons. The van der Waals surface area contributed by atoms with E-state index < -0.39 is 10.0 Å². The summed E-state index contributed by atoms with van der Waals surface area (Å²) in [5.41, 5.74) is 0. The van der Waals surface area contributed by atoms with Gasteiger partial charge in [-0.3, -0.25) is 0 Å². The highest BCUT2D eigenvalue weighted by Crippen LogP contribution is 1.89. The first kappa shape index (κ1) is 11.9. The second-order valence-corrected chi connectivity index (χ2v) is 4.59. The van der Waals surface area contributed by atoms with Crippen molar-refractivity contribution in [1.82, 2.24) is 4.72 Å². The molecule has 0 unspecified atom stereocenters. The van der Waals surface area contributed by atoms with Gasteiger partial charge in [0.1, 0.15) is 0 Å². The van der Waals surface area contributed by atoms with Gasteiger partial charge in [-0.15, -0.1) is 0 Å². The Labute approximate surface area is 74.4 Å². The number of hydrogen-bond donors (Lipinski definition) is 1. The summed E-state index contributed by atoms with van der Waals surface area (Å²) in [6, 6.07) is 0. The molecule has 0 amide bonds. The Morgan fingerprint density at radius 3 is 2.50 bits per heavy atom. The smallest absolute Gasteiger partial charge is 0.211 e. The minimum Gasteiger partial charge on any atom is -0.385 e. The molecule has 0 rings (SSSR count). The summed E-state index contributed by atoms with van der Waals surface area (Å²) in [6.45, 7) is 2.82. The van der Waals surface area contributed by atoms with Crippen LogP contribution < -0.4 is 4.72 Å². The van der Waals surface area contributed by atoms with Crippen LogP contribution in [0, 0.1) is 0 Å². The predicted octanol–water partition coefficient (Wildman–Crippen LogP) is 0.352. The maximum atomic E-state index is 10.9. The van der Waals surface area contributed by atoms with Crippen LogP contribution >= 0.6 is 0 Å². The van der Waals surface area contributed by atoms with Crippen molar-refractivity contribution < 1.29 is 13.2 Å². The normalized spacial score (nSPS) is 11.8. The molecule has 0 aromatic heterocycles. The van der Waals surface area contributed by atoms with Crippen molar-refractivity contribution in [2.45, 2.75) is 19.8 Å². The van der Waals surface area contributed by atoms with E-state index in [9.17, 15) is 8.42 Å².